The molecule has 1 saturated heterocycles. The standard InChI is InChI=1S/C25H25ClF3N5O2/c1-15-31-32-23(34(15)14-16-4-7-18(26)8-5-16)21-3-2-11-33(21)24(35)30-20-10-12-36-22-13-17(25(27,28)29)6-9-19(20)22/h4-9,13,20-21H,2-3,10-12,14H2,1H3,(H,30,35). The van der Waals surface area contributed by atoms with Gasteiger partial charge in [0.1, 0.15) is 11.6 Å². The van der Waals surface area contributed by atoms with E-state index in [0.29, 0.717) is 35.9 Å². The van der Waals surface area contributed by atoms with E-state index < -0.39 is 17.8 Å². The minimum atomic E-state index is -4.46. The number of ether oxygens (including phenoxy) is 1. The molecule has 2 aliphatic rings. The van der Waals surface area contributed by atoms with E-state index in [1.807, 2.05) is 35.8 Å². The number of benzene rings is 2. The molecule has 2 atom stereocenters. The zero-order valence-corrected chi connectivity index (χ0v) is 20.3. The molecule has 2 aliphatic heterocycles. The molecule has 2 unspecified atom stereocenters. The molecule has 36 heavy (non-hydrogen) atoms. The molecule has 0 radical (unpaired) electrons. The van der Waals surface area contributed by atoms with Crippen LogP contribution < -0.4 is 10.1 Å². The molecule has 3 heterocycles. The van der Waals surface area contributed by atoms with Gasteiger partial charge < -0.3 is 19.5 Å². The molecule has 2 aromatic carbocycles. The van der Waals surface area contributed by atoms with Crippen molar-refractivity contribution in [3.8, 4) is 5.75 Å². The summed E-state index contributed by atoms with van der Waals surface area (Å²) in [5.74, 6) is 1.60. The molecule has 5 rings (SSSR count). The number of aromatic nitrogens is 3. The van der Waals surface area contributed by atoms with Gasteiger partial charge in [-0.15, -0.1) is 10.2 Å². The van der Waals surface area contributed by atoms with Crippen molar-refractivity contribution in [3.63, 3.8) is 0 Å². The van der Waals surface area contributed by atoms with E-state index in [1.54, 1.807) is 4.90 Å². The quantitative estimate of drug-likeness (QED) is 0.481. The summed E-state index contributed by atoms with van der Waals surface area (Å²) in [5, 5.41) is 12.3. The number of halogens is 4. The number of urea groups is 1. The third kappa shape index (κ3) is 4.86. The SMILES string of the molecule is Cc1nnc(C2CCCN2C(=O)NC2CCOc3cc(C(F)(F)F)ccc32)n1Cc1ccc(Cl)cc1. The highest BCUT2D eigenvalue weighted by molar-refractivity contribution is 6.30. The Morgan fingerprint density at radius 1 is 1.17 bits per heavy atom. The zero-order valence-electron chi connectivity index (χ0n) is 19.6. The topological polar surface area (TPSA) is 72.3 Å². The first-order valence-electron chi connectivity index (χ1n) is 11.8. The first-order valence-corrected chi connectivity index (χ1v) is 12.1. The minimum Gasteiger partial charge on any atom is -0.493 e. The maximum atomic E-state index is 13.4. The zero-order chi connectivity index (χ0) is 25.4. The first-order chi connectivity index (χ1) is 17.2. The van der Waals surface area contributed by atoms with E-state index >= 15 is 0 Å². The van der Waals surface area contributed by atoms with Gasteiger partial charge in [-0.2, -0.15) is 13.2 Å². The Labute approximate surface area is 211 Å². The second-order valence-electron chi connectivity index (χ2n) is 9.06. The second-order valence-corrected chi connectivity index (χ2v) is 9.50. The number of carbonyl (C=O) groups is 1. The highest BCUT2D eigenvalue weighted by Gasteiger charge is 2.37. The fourth-order valence-corrected chi connectivity index (χ4v) is 4.96. The molecule has 11 heteroatoms. The van der Waals surface area contributed by atoms with Crippen LogP contribution in [0.5, 0.6) is 5.75 Å². The Hall–Kier alpha value is -3.27. The van der Waals surface area contributed by atoms with Crippen LogP contribution in [0.2, 0.25) is 5.02 Å². The number of alkyl halides is 3. The Morgan fingerprint density at radius 3 is 2.69 bits per heavy atom. The fraction of sp³-hybridized carbons (Fsp3) is 0.400. The molecular formula is C25H25ClF3N5O2. The van der Waals surface area contributed by atoms with E-state index in [9.17, 15) is 18.0 Å². The second kappa shape index (κ2) is 9.65. The Bertz CT molecular complexity index is 1260. The lowest BCUT2D eigenvalue weighted by molar-refractivity contribution is -0.137. The molecule has 0 bridgehead atoms. The van der Waals surface area contributed by atoms with Crippen molar-refractivity contribution in [2.75, 3.05) is 13.2 Å². The van der Waals surface area contributed by atoms with Crippen molar-refractivity contribution in [1.82, 2.24) is 25.0 Å². The molecule has 7 nitrogen and oxygen atoms in total. The van der Waals surface area contributed by atoms with Crippen LogP contribution in [0.15, 0.2) is 42.5 Å². The monoisotopic (exact) mass is 519 g/mol. The van der Waals surface area contributed by atoms with Crippen LogP contribution in [0.4, 0.5) is 18.0 Å². The van der Waals surface area contributed by atoms with Gasteiger partial charge in [-0.1, -0.05) is 29.8 Å². The summed E-state index contributed by atoms with van der Waals surface area (Å²) in [6, 6.07) is 9.95. The van der Waals surface area contributed by atoms with Crippen LogP contribution in [0.3, 0.4) is 0 Å². The van der Waals surface area contributed by atoms with Crippen LogP contribution in [-0.2, 0) is 12.7 Å². The molecule has 2 amide bonds. The van der Waals surface area contributed by atoms with Crippen LogP contribution in [0.1, 0.15) is 59.7 Å². The van der Waals surface area contributed by atoms with Crippen molar-refractivity contribution in [1.29, 1.82) is 0 Å². The van der Waals surface area contributed by atoms with Gasteiger partial charge >= 0.3 is 12.2 Å². The summed E-state index contributed by atoms with van der Waals surface area (Å²) in [4.78, 5) is 15.1. The predicted molar refractivity (Wildman–Crippen MR) is 127 cm³/mol. The molecule has 190 valence electrons. The number of nitrogens with zero attached hydrogens (tertiary/aromatic N) is 4. The largest absolute Gasteiger partial charge is 0.493 e. The van der Waals surface area contributed by atoms with Crippen LogP contribution in [0, 0.1) is 6.92 Å². The van der Waals surface area contributed by atoms with E-state index in [1.165, 1.54) is 6.07 Å². The molecular weight excluding hydrogens is 495 g/mol. The van der Waals surface area contributed by atoms with E-state index in [4.69, 9.17) is 16.3 Å². The number of carbonyl (C=O) groups excluding carboxylic acids is 1. The molecule has 0 aliphatic carbocycles. The normalized spacial score (nSPS) is 19.6. The summed E-state index contributed by atoms with van der Waals surface area (Å²) >= 11 is 6.01. The lowest BCUT2D eigenvalue weighted by Gasteiger charge is -2.31. The summed E-state index contributed by atoms with van der Waals surface area (Å²) in [5.41, 5.74) is 0.804. The molecule has 0 saturated carbocycles. The van der Waals surface area contributed by atoms with Gasteiger partial charge in [0.25, 0.3) is 0 Å². The van der Waals surface area contributed by atoms with Crippen molar-refractivity contribution in [3.05, 3.63) is 75.8 Å². The van der Waals surface area contributed by atoms with Gasteiger partial charge in [0.2, 0.25) is 0 Å². The van der Waals surface area contributed by atoms with Crippen molar-refractivity contribution in [2.45, 2.75) is 51.0 Å². The maximum absolute atomic E-state index is 13.4. The van der Waals surface area contributed by atoms with Crippen LogP contribution in [-0.4, -0.2) is 38.8 Å². The lowest BCUT2D eigenvalue weighted by Crippen LogP contribution is -2.43. The molecule has 0 spiro atoms. The van der Waals surface area contributed by atoms with Crippen LogP contribution in [0.25, 0.3) is 0 Å². The van der Waals surface area contributed by atoms with Gasteiger partial charge in [-0.3, -0.25) is 0 Å². The van der Waals surface area contributed by atoms with Gasteiger partial charge in [0.05, 0.1) is 30.8 Å². The number of hydrogen-bond donors (Lipinski definition) is 1. The van der Waals surface area contributed by atoms with Gasteiger partial charge in [0.15, 0.2) is 5.82 Å². The number of amides is 2. The molecule has 1 aromatic heterocycles. The summed E-state index contributed by atoms with van der Waals surface area (Å²) in [7, 11) is 0. The smallest absolute Gasteiger partial charge is 0.416 e. The number of aryl methyl sites for hydroxylation is 1. The van der Waals surface area contributed by atoms with Gasteiger partial charge in [-0.05, 0) is 49.6 Å². The third-order valence-electron chi connectivity index (χ3n) is 6.71. The van der Waals surface area contributed by atoms with Gasteiger partial charge in [0, 0.05) is 23.6 Å². The average Bonchev–Trinajstić information content (AvgIpc) is 3.47. The lowest BCUT2D eigenvalue weighted by atomic mass is 9.98. The molecule has 1 N–H and O–H groups in total. The maximum Gasteiger partial charge on any atom is 0.416 e. The third-order valence-corrected chi connectivity index (χ3v) is 6.96. The summed E-state index contributed by atoms with van der Waals surface area (Å²) < 4.78 is 46.8. The van der Waals surface area contributed by atoms with E-state index in [-0.39, 0.29) is 24.4 Å². The van der Waals surface area contributed by atoms with Crippen molar-refractivity contribution in [2.24, 2.45) is 0 Å². The van der Waals surface area contributed by atoms with Crippen molar-refractivity contribution >= 4 is 17.6 Å². The van der Waals surface area contributed by atoms with E-state index in [2.05, 4.69) is 15.5 Å². The molecule has 1 fully saturated rings. The number of likely N-dealkylation sites (tertiary alicyclic amines) is 1. The fourth-order valence-electron chi connectivity index (χ4n) is 4.84. The summed E-state index contributed by atoms with van der Waals surface area (Å²) in [6.45, 7) is 3.19. The van der Waals surface area contributed by atoms with Crippen LogP contribution >= 0.6 is 11.6 Å². The van der Waals surface area contributed by atoms with Gasteiger partial charge in [-0.25, -0.2) is 4.79 Å². The average molecular weight is 520 g/mol. The van der Waals surface area contributed by atoms with Crippen molar-refractivity contribution < 1.29 is 22.7 Å². The highest BCUT2D eigenvalue weighted by atomic mass is 35.5. The number of nitrogens with one attached hydrogen (secondary N) is 1. The molecule has 3 aromatic rings. The highest BCUT2D eigenvalue weighted by Crippen LogP contribution is 2.39. The number of rotatable bonds is 4. The van der Waals surface area contributed by atoms with E-state index in [0.717, 1.165) is 36.4 Å². The Morgan fingerprint density at radius 2 is 1.94 bits per heavy atom. The Balaban J connectivity index is 1.34. The Kier molecular flexibility index (Phi) is 6.55. The number of hydrogen-bond acceptors (Lipinski definition) is 4. The number of fused-ring (bicyclic) bond motifs is 1. The summed E-state index contributed by atoms with van der Waals surface area (Å²) in [6.07, 6.45) is -2.44. The minimum absolute atomic E-state index is 0.151. The predicted octanol–water partition coefficient (Wildman–Crippen LogP) is 5.68. The first kappa shape index (κ1) is 24.4.